The van der Waals surface area contributed by atoms with Crippen molar-refractivity contribution in [3.05, 3.63) is 109 Å². The minimum atomic E-state index is -4.62. The molecular weight excluding hydrogens is 804 g/mol. The number of hydrogen-bond donors (Lipinski definition) is 2. The van der Waals surface area contributed by atoms with Crippen molar-refractivity contribution in [2.24, 2.45) is 0 Å². The van der Waals surface area contributed by atoms with E-state index < -0.39 is 26.6 Å². The molecule has 0 heterocycles. The van der Waals surface area contributed by atoms with Crippen molar-refractivity contribution in [1.82, 2.24) is 5.32 Å². The van der Waals surface area contributed by atoms with E-state index in [1.807, 2.05) is 27.2 Å². The van der Waals surface area contributed by atoms with Gasteiger partial charge in [-0.15, -0.1) is 0 Å². The number of allylic oxidation sites excluding steroid dienone is 17. The van der Waals surface area contributed by atoms with Crippen LogP contribution >= 0.6 is 7.82 Å². The normalized spacial score (nSPS) is 15.1. The first kappa shape index (κ1) is 60.2. The summed E-state index contributed by atoms with van der Waals surface area (Å²) in [5, 5.41) is 13.8. The zero-order chi connectivity index (χ0) is 46.4. The predicted octanol–water partition coefficient (Wildman–Crippen LogP) is 13.8. The van der Waals surface area contributed by atoms with Gasteiger partial charge in [-0.05, 0) is 96.3 Å². The molecule has 360 valence electrons. The van der Waals surface area contributed by atoms with Gasteiger partial charge in [-0.1, -0.05) is 181 Å². The molecule has 0 fully saturated rings. The van der Waals surface area contributed by atoms with Crippen LogP contribution in [0.4, 0.5) is 0 Å². The minimum Gasteiger partial charge on any atom is -0.756 e. The molecule has 0 spiro atoms. The quantitative estimate of drug-likeness (QED) is 0.0273. The number of phosphoric acid groups is 1. The molecule has 0 saturated heterocycles. The Balaban J connectivity index is 4.50. The monoisotopic (exact) mass is 897 g/mol. The number of unbranched alkanes of at least 4 members (excludes halogenated alkanes) is 14. The summed E-state index contributed by atoms with van der Waals surface area (Å²) in [5.74, 6) is -0.241. The van der Waals surface area contributed by atoms with Crippen LogP contribution in [0, 0.1) is 0 Å². The SMILES string of the molecule is CC/C=C\C/C=C\C/C=C\C/C=C\C/C=C\C/C=C\CCCCCCC(=O)NC(COP(=O)([O-])OCC[N+](C)(C)C)C(O)/C=C/CC/C=C/CC/C=C/CCCCCCCCCC. The van der Waals surface area contributed by atoms with Crippen molar-refractivity contribution in [2.45, 2.75) is 187 Å². The molecule has 1 amide bonds. The molecule has 0 aliphatic heterocycles. The van der Waals surface area contributed by atoms with Crippen LogP contribution in [0.3, 0.4) is 0 Å². The molecule has 0 aliphatic rings. The number of aliphatic hydroxyl groups is 1. The largest absolute Gasteiger partial charge is 0.756 e. The van der Waals surface area contributed by atoms with Crippen molar-refractivity contribution in [2.75, 3.05) is 40.9 Å². The van der Waals surface area contributed by atoms with E-state index in [4.69, 9.17) is 9.05 Å². The number of rotatable bonds is 43. The minimum absolute atomic E-state index is 0.0209. The van der Waals surface area contributed by atoms with Crippen LogP contribution in [0.25, 0.3) is 0 Å². The lowest BCUT2D eigenvalue weighted by Gasteiger charge is -2.29. The number of carbonyl (C=O) groups is 1. The first-order valence-electron chi connectivity index (χ1n) is 24.7. The van der Waals surface area contributed by atoms with Crippen LogP contribution in [0.15, 0.2) is 109 Å². The zero-order valence-corrected chi connectivity index (χ0v) is 41.6. The van der Waals surface area contributed by atoms with E-state index >= 15 is 0 Å². The van der Waals surface area contributed by atoms with Gasteiger partial charge in [0.05, 0.1) is 39.9 Å². The molecule has 0 aromatic rings. The number of nitrogens with one attached hydrogen (secondary N) is 1. The van der Waals surface area contributed by atoms with Crippen molar-refractivity contribution < 1.29 is 32.9 Å². The van der Waals surface area contributed by atoms with Crippen molar-refractivity contribution in [1.29, 1.82) is 0 Å². The van der Waals surface area contributed by atoms with Crippen LogP contribution < -0.4 is 10.2 Å². The molecule has 63 heavy (non-hydrogen) atoms. The Bertz CT molecular complexity index is 1390. The van der Waals surface area contributed by atoms with E-state index in [1.54, 1.807) is 6.08 Å². The van der Waals surface area contributed by atoms with E-state index in [0.717, 1.165) is 89.9 Å². The third-order valence-electron chi connectivity index (χ3n) is 10.2. The maximum atomic E-state index is 12.9. The summed E-state index contributed by atoms with van der Waals surface area (Å²) in [6, 6.07) is -0.931. The third-order valence-corrected chi connectivity index (χ3v) is 11.2. The number of likely N-dealkylation sites (N-methyl/N-ethyl adjacent to an activating group) is 1. The fourth-order valence-corrected chi connectivity index (χ4v) is 7.03. The average molecular weight is 897 g/mol. The van der Waals surface area contributed by atoms with E-state index in [-0.39, 0.29) is 12.5 Å². The predicted molar refractivity (Wildman–Crippen MR) is 269 cm³/mol. The Hall–Kier alpha value is -2.84. The Labute approximate surface area is 387 Å². The van der Waals surface area contributed by atoms with Crippen LogP contribution in [0.2, 0.25) is 0 Å². The van der Waals surface area contributed by atoms with E-state index in [0.29, 0.717) is 23.9 Å². The Morgan fingerprint density at radius 2 is 0.984 bits per heavy atom. The van der Waals surface area contributed by atoms with E-state index in [9.17, 15) is 19.4 Å². The highest BCUT2D eigenvalue weighted by atomic mass is 31.2. The fraction of sp³-hybridized carbons (Fsp3) is 0.648. The number of hydrogen-bond acceptors (Lipinski definition) is 6. The average Bonchev–Trinajstić information content (AvgIpc) is 3.24. The van der Waals surface area contributed by atoms with Crippen LogP contribution in [-0.2, 0) is 18.4 Å². The number of amides is 1. The highest BCUT2D eigenvalue weighted by Crippen LogP contribution is 2.38. The highest BCUT2D eigenvalue weighted by molar-refractivity contribution is 7.45. The number of nitrogens with zero attached hydrogens (tertiary/aromatic N) is 1. The summed E-state index contributed by atoms with van der Waals surface area (Å²) >= 11 is 0. The van der Waals surface area contributed by atoms with Gasteiger partial charge in [0, 0.05) is 6.42 Å². The smallest absolute Gasteiger partial charge is 0.268 e. The zero-order valence-electron chi connectivity index (χ0n) is 40.7. The molecule has 0 radical (unpaired) electrons. The van der Waals surface area contributed by atoms with Gasteiger partial charge in [0.1, 0.15) is 13.2 Å². The second-order valence-electron chi connectivity index (χ2n) is 17.4. The molecule has 0 aromatic heterocycles. The molecule has 9 heteroatoms. The number of carbonyl (C=O) groups excluding carboxylic acids is 1. The molecule has 0 aliphatic carbocycles. The second-order valence-corrected chi connectivity index (χ2v) is 18.8. The van der Waals surface area contributed by atoms with Crippen molar-refractivity contribution >= 4 is 13.7 Å². The molecule has 0 saturated carbocycles. The lowest BCUT2D eigenvalue weighted by Crippen LogP contribution is -2.45. The maximum Gasteiger partial charge on any atom is 0.268 e. The summed E-state index contributed by atoms with van der Waals surface area (Å²) in [5.41, 5.74) is 0. The summed E-state index contributed by atoms with van der Waals surface area (Å²) in [6.45, 7) is 4.46. The van der Waals surface area contributed by atoms with Gasteiger partial charge in [0.15, 0.2) is 0 Å². The lowest BCUT2D eigenvalue weighted by atomic mass is 10.1. The van der Waals surface area contributed by atoms with Gasteiger partial charge in [-0.2, -0.15) is 0 Å². The van der Waals surface area contributed by atoms with Crippen molar-refractivity contribution in [3.8, 4) is 0 Å². The summed E-state index contributed by atoms with van der Waals surface area (Å²) in [4.78, 5) is 25.4. The van der Waals surface area contributed by atoms with Gasteiger partial charge in [-0.3, -0.25) is 9.36 Å². The molecule has 0 rings (SSSR count). The molecule has 3 unspecified atom stereocenters. The number of phosphoric ester groups is 1. The van der Waals surface area contributed by atoms with Gasteiger partial charge in [0.2, 0.25) is 5.91 Å². The molecule has 8 nitrogen and oxygen atoms in total. The van der Waals surface area contributed by atoms with Crippen molar-refractivity contribution in [3.63, 3.8) is 0 Å². The molecule has 0 aromatic carbocycles. The lowest BCUT2D eigenvalue weighted by molar-refractivity contribution is -0.870. The Kier molecular flexibility index (Phi) is 42.4. The molecule has 0 bridgehead atoms. The van der Waals surface area contributed by atoms with Gasteiger partial charge in [0.25, 0.3) is 7.82 Å². The Morgan fingerprint density at radius 1 is 0.571 bits per heavy atom. The summed E-state index contributed by atoms with van der Waals surface area (Å²) in [6.07, 6.45) is 64.3. The summed E-state index contributed by atoms with van der Waals surface area (Å²) < 4.78 is 23.2. The third kappa shape index (κ3) is 47.0. The van der Waals surface area contributed by atoms with Crippen LogP contribution in [0.5, 0.6) is 0 Å². The fourth-order valence-electron chi connectivity index (χ4n) is 6.30. The Morgan fingerprint density at radius 3 is 1.48 bits per heavy atom. The second kappa shape index (κ2) is 44.4. The maximum absolute atomic E-state index is 12.9. The molecule has 3 atom stereocenters. The topological polar surface area (TPSA) is 108 Å². The van der Waals surface area contributed by atoms with Gasteiger partial charge in [-0.25, -0.2) is 0 Å². The van der Waals surface area contributed by atoms with Gasteiger partial charge >= 0.3 is 0 Å². The van der Waals surface area contributed by atoms with Gasteiger partial charge < -0.3 is 28.8 Å². The highest BCUT2D eigenvalue weighted by Gasteiger charge is 2.23. The van der Waals surface area contributed by atoms with E-state index in [2.05, 4.69) is 116 Å². The molecule has 2 N–H and O–H groups in total. The standard InChI is InChI=1S/C54H93N2O6P/c1-6-8-10-12-14-16-18-20-22-24-26-27-28-29-30-32-34-36-38-40-42-44-46-48-54(58)55-52(51-62-63(59,60)61-50-49-56(3,4)5)53(57)47-45-43-41-39-37-35-33-31-25-23-21-19-17-15-13-11-9-7-2/h8,10,14,16,20,22,25-27,29-31,34,36-37,39,45,47,52-53,57H,6-7,9,11-13,15,17-19,21,23-24,28,32-33,35,38,40-44,46,48-51H2,1-5H3,(H-,55,58,59,60)/b10-8-,16-14-,22-20-,27-26-,30-29-,31-25+,36-34-,39-37+,47-45+. The number of quaternary nitrogens is 1. The first-order chi connectivity index (χ1) is 30.5. The van der Waals surface area contributed by atoms with Crippen LogP contribution in [0.1, 0.15) is 174 Å². The molecular formula is C54H93N2O6P. The van der Waals surface area contributed by atoms with Crippen LogP contribution in [-0.4, -0.2) is 68.5 Å². The number of aliphatic hydroxyl groups excluding tert-OH is 1. The van der Waals surface area contributed by atoms with E-state index in [1.165, 1.54) is 57.8 Å². The summed E-state index contributed by atoms with van der Waals surface area (Å²) in [7, 11) is 1.20. The first-order valence-corrected chi connectivity index (χ1v) is 26.2.